The molecule has 0 amide bonds. The third-order valence-electron chi connectivity index (χ3n) is 4.81. The van der Waals surface area contributed by atoms with E-state index in [0.29, 0.717) is 28.7 Å². The summed E-state index contributed by atoms with van der Waals surface area (Å²) in [6.45, 7) is 0. The maximum absolute atomic E-state index is 9.50. The Kier molecular flexibility index (Phi) is 8.21. The summed E-state index contributed by atoms with van der Waals surface area (Å²) >= 11 is 1.42. The van der Waals surface area contributed by atoms with E-state index in [1.54, 1.807) is 47.7 Å². The van der Waals surface area contributed by atoms with E-state index >= 15 is 0 Å². The van der Waals surface area contributed by atoms with Crippen LogP contribution in [0.5, 0.6) is 34.5 Å². The molecule has 33 heavy (non-hydrogen) atoms. The van der Waals surface area contributed by atoms with E-state index in [-0.39, 0.29) is 5.75 Å². The van der Waals surface area contributed by atoms with Crippen LogP contribution in [0.15, 0.2) is 53.4 Å². The van der Waals surface area contributed by atoms with Crippen molar-refractivity contribution in [3.05, 3.63) is 59.7 Å². The fourth-order valence-corrected chi connectivity index (χ4v) is 3.81. The van der Waals surface area contributed by atoms with Crippen LogP contribution in [0.4, 0.5) is 5.69 Å². The Morgan fingerprint density at radius 2 is 1.27 bits per heavy atom. The maximum Gasteiger partial charge on any atom is 0.203 e. The van der Waals surface area contributed by atoms with Crippen molar-refractivity contribution >= 4 is 29.8 Å². The van der Waals surface area contributed by atoms with Gasteiger partial charge in [0.25, 0.3) is 0 Å². The van der Waals surface area contributed by atoms with Gasteiger partial charge in [-0.1, -0.05) is 12.2 Å². The lowest BCUT2D eigenvalue weighted by molar-refractivity contribution is 0.324. The van der Waals surface area contributed by atoms with E-state index in [0.717, 1.165) is 21.7 Å². The predicted molar refractivity (Wildman–Crippen MR) is 132 cm³/mol. The van der Waals surface area contributed by atoms with Gasteiger partial charge in [-0.05, 0) is 60.0 Å². The first-order valence-corrected chi connectivity index (χ1v) is 10.8. The molecule has 7 nitrogen and oxygen atoms in total. The van der Waals surface area contributed by atoms with E-state index in [9.17, 15) is 5.11 Å². The molecule has 0 saturated heterocycles. The number of rotatable bonds is 10. The molecule has 3 aromatic carbocycles. The van der Waals surface area contributed by atoms with Gasteiger partial charge in [0.1, 0.15) is 5.75 Å². The van der Waals surface area contributed by atoms with Gasteiger partial charge in [-0.15, -0.1) is 0 Å². The molecule has 3 rings (SSSR count). The molecule has 0 heterocycles. The molecule has 0 aromatic heterocycles. The first-order chi connectivity index (χ1) is 16.0. The topological polar surface area (TPSA) is 78.4 Å². The second-order valence-electron chi connectivity index (χ2n) is 6.78. The third-order valence-corrected chi connectivity index (χ3v) is 5.64. The highest BCUT2D eigenvalue weighted by Gasteiger charge is 2.13. The molecule has 0 aliphatic rings. The second-order valence-corrected chi connectivity index (χ2v) is 7.66. The molecule has 0 spiro atoms. The van der Waals surface area contributed by atoms with Crippen molar-refractivity contribution in [1.29, 1.82) is 0 Å². The predicted octanol–water partition coefficient (Wildman–Crippen LogP) is 5.72. The maximum atomic E-state index is 9.50. The monoisotopic (exact) mass is 469 g/mol. The van der Waals surface area contributed by atoms with Crippen molar-refractivity contribution in [3.63, 3.8) is 0 Å². The van der Waals surface area contributed by atoms with Crippen LogP contribution in [-0.2, 0) is 0 Å². The minimum atomic E-state index is 0.222. The van der Waals surface area contributed by atoms with Crippen molar-refractivity contribution < 1.29 is 28.8 Å². The number of anilines is 1. The number of phenolic OH excluding ortho intramolecular Hbond substituents is 1. The molecular formula is C25H27NO6S. The lowest BCUT2D eigenvalue weighted by Crippen LogP contribution is -1.96. The zero-order valence-corrected chi connectivity index (χ0v) is 20.0. The zero-order chi connectivity index (χ0) is 23.8. The van der Waals surface area contributed by atoms with Gasteiger partial charge in [0.15, 0.2) is 23.0 Å². The van der Waals surface area contributed by atoms with Gasteiger partial charge < -0.3 is 33.5 Å². The van der Waals surface area contributed by atoms with Gasteiger partial charge in [-0.25, -0.2) is 0 Å². The molecule has 174 valence electrons. The van der Waals surface area contributed by atoms with Crippen LogP contribution in [-0.4, -0.2) is 40.7 Å². The SMILES string of the molecule is COc1cc(/C=C\c2cc(OC)c(OC)c(OC)c2)c(NSc2ccc(O)cc2)cc1OC. The fourth-order valence-electron chi connectivity index (χ4n) is 3.13. The minimum absolute atomic E-state index is 0.222. The Hall–Kier alpha value is -3.65. The number of nitrogens with one attached hydrogen (secondary N) is 1. The Labute approximate surface area is 198 Å². The van der Waals surface area contributed by atoms with Gasteiger partial charge in [-0.3, -0.25) is 0 Å². The van der Waals surface area contributed by atoms with Crippen molar-refractivity contribution in [3.8, 4) is 34.5 Å². The van der Waals surface area contributed by atoms with E-state index in [1.165, 1.54) is 11.9 Å². The normalized spacial score (nSPS) is 10.7. The zero-order valence-electron chi connectivity index (χ0n) is 19.2. The molecule has 0 fully saturated rings. The molecule has 0 radical (unpaired) electrons. The van der Waals surface area contributed by atoms with Gasteiger partial charge in [0.05, 0.1) is 41.2 Å². The molecule has 0 unspecified atom stereocenters. The van der Waals surface area contributed by atoms with Crippen molar-refractivity contribution in [2.75, 3.05) is 40.3 Å². The van der Waals surface area contributed by atoms with Crippen molar-refractivity contribution in [2.45, 2.75) is 4.90 Å². The number of hydrogen-bond donors (Lipinski definition) is 2. The van der Waals surface area contributed by atoms with Crippen LogP contribution in [0.1, 0.15) is 11.1 Å². The largest absolute Gasteiger partial charge is 0.508 e. The van der Waals surface area contributed by atoms with Crippen LogP contribution < -0.4 is 28.4 Å². The number of benzene rings is 3. The molecule has 0 atom stereocenters. The number of ether oxygens (including phenoxy) is 5. The number of methoxy groups -OCH3 is 5. The van der Waals surface area contributed by atoms with Crippen LogP contribution in [0, 0.1) is 0 Å². The summed E-state index contributed by atoms with van der Waals surface area (Å²) in [4.78, 5) is 0.946. The molecule has 0 saturated carbocycles. The van der Waals surface area contributed by atoms with Crippen LogP contribution in [0.3, 0.4) is 0 Å². The van der Waals surface area contributed by atoms with Crippen molar-refractivity contribution in [1.82, 2.24) is 0 Å². The van der Waals surface area contributed by atoms with Gasteiger partial charge in [-0.2, -0.15) is 0 Å². The highest BCUT2D eigenvalue weighted by Crippen LogP contribution is 2.40. The highest BCUT2D eigenvalue weighted by atomic mass is 32.2. The smallest absolute Gasteiger partial charge is 0.203 e. The Balaban J connectivity index is 1.96. The number of aromatic hydroxyl groups is 1. The van der Waals surface area contributed by atoms with E-state index in [4.69, 9.17) is 23.7 Å². The molecule has 0 aliphatic carbocycles. The molecule has 8 heteroatoms. The number of phenols is 1. The lowest BCUT2D eigenvalue weighted by Gasteiger charge is -2.15. The Morgan fingerprint density at radius 1 is 0.697 bits per heavy atom. The van der Waals surface area contributed by atoms with Crippen molar-refractivity contribution in [2.24, 2.45) is 0 Å². The van der Waals surface area contributed by atoms with Crippen LogP contribution in [0.2, 0.25) is 0 Å². The van der Waals surface area contributed by atoms with Crippen LogP contribution >= 0.6 is 11.9 Å². The summed E-state index contributed by atoms with van der Waals surface area (Å²) in [5.41, 5.74) is 2.58. The van der Waals surface area contributed by atoms with E-state index < -0.39 is 0 Å². The fraction of sp³-hybridized carbons (Fsp3) is 0.200. The Morgan fingerprint density at radius 3 is 1.82 bits per heavy atom. The summed E-state index contributed by atoms with van der Waals surface area (Å²) < 4.78 is 30.6. The third kappa shape index (κ3) is 5.78. The standard InChI is InChI=1S/C25H27NO6S/c1-28-21-14-17(7-6-16-12-23(30-3)25(32-5)24(13-16)31-4)20(15-22(21)29-2)26-33-19-10-8-18(27)9-11-19/h6-15,26-27H,1-5H3/b7-6-. The summed E-state index contributed by atoms with van der Waals surface area (Å²) in [7, 11) is 7.94. The quantitative estimate of drug-likeness (QED) is 0.288. The first kappa shape index (κ1) is 24.0. The highest BCUT2D eigenvalue weighted by molar-refractivity contribution is 8.00. The van der Waals surface area contributed by atoms with Gasteiger partial charge >= 0.3 is 0 Å². The van der Waals surface area contributed by atoms with Gasteiger partial charge in [0, 0.05) is 16.5 Å². The molecule has 0 aliphatic heterocycles. The van der Waals surface area contributed by atoms with Crippen LogP contribution in [0.25, 0.3) is 12.2 Å². The van der Waals surface area contributed by atoms with E-state index in [1.807, 2.05) is 48.6 Å². The minimum Gasteiger partial charge on any atom is -0.508 e. The summed E-state index contributed by atoms with van der Waals surface area (Å²) in [6, 6.07) is 14.5. The molecule has 0 bridgehead atoms. The second kappa shape index (κ2) is 11.3. The molecule has 2 N–H and O–H groups in total. The van der Waals surface area contributed by atoms with E-state index in [2.05, 4.69) is 4.72 Å². The lowest BCUT2D eigenvalue weighted by atomic mass is 10.1. The molecule has 3 aromatic rings. The summed E-state index contributed by atoms with van der Waals surface area (Å²) in [5, 5.41) is 9.50. The average molecular weight is 470 g/mol. The average Bonchev–Trinajstić information content (AvgIpc) is 2.86. The summed E-state index contributed by atoms with van der Waals surface area (Å²) in [5.74, 6) is 3.13. The van der Waals surface area contributed by atoms with Gasteiger partial charge in [0.2, 0.25) is 5.75 Å². The Bertz CT molecular complexity index is 1090. The molecular weight excluding hydrogens is 442 g/mol. The first-order valence-electron chi connectivity index (χ1n) is 9.99. The summed E-state index contributed by atoms with van der Waals surface area (Å²) in [6.07, 6.45) is 3.91. The number of hydrogen-bond acceptors (Lipinski definition) is 8.